The van der Waals surface area contributed by atoms with Gasteiger partial charge in [-0.15, -0.1) is 0 Å². The zero-order valence-electron chi connectivity index (χ0n) is 12.5. The maximum atomic E-state index is 12.8. The fraction of sp³-hybridized carbons (Fsp3) is 0.500. The van der Waals surface area contributed by atoms with E-state index >= 15 is 0 Å². The molecule has 1 heterocycles. The van der Waals surface area contributed by atoms with E-state index in [0.29, 0.717) is 24.4 Å². The molecule has 3 N–H and O–H groups in total. The Hall–Kier alpha value is -1.88. The summed E-state index contributed by atoms with van der Waals surface area (Å²) in [6.45, 7) is 4.30. The minimum atomic E-state index is -0.972. The van der Waals surface area contributed by atoms with Gasteiger partial charge in [-0.25, -0.2) is 4.79 Å². The molecule has 2 atom stereocenters. The molecule has 0 bridgehead atoms. The van der Waals surface area contributed by atoms with Crippen LogP contribution in [0.2, 0.25) is 0 Å². The van der Waals surface area contributed by atoms with Crippen LogP contribution in [-0.4, -0.2) is 29.6 Å². The lowest BCUT2D eigenvalue weighted by atomic mass is 9.95. The second-order valence-electron chi connectivity index (χ2n) is 5.96. The number of carbonyl (C=O) groups is 2. The van der Waals surface area contributed by atoms with Crippen LogP contribution in [0.1, 0.15) is 25.8 Å². The lowest BCUT2D eigenvalue weighted by Crippen LogP contribution is -2.47. The standard InChI is InChI=1S/C16H22N2O3/c1-10(2)7-12(9-17)15(19)18-13-6-4-3-5-11(13)8-14(18)16(20)21/h3-6,10,12,14H,7-9,17H2,1-2H3,(H,20,21)/t12?,14-/m0/s1. The molecule has 0 spiro atoms. The number of amides is 1. The van der Waals surface area contributed by atoms with Gasteiger partial charge >= 0.3 is 5.97 Å². The lowest BCUT2D eigenvalue weighted by Gasteiger charge is -2.27. The van der Waals surface area contributed by atoms with Crippen molar-refractivity contribution in [1.82, 2.24) is 0 Å². The molecule has 1 aromatic rings. The van der Waals surface area contributed by atoms with Crippen LogP contribution in [0.5, 0.6) is 0 Å². The predicted octanol–water partition coefficient (Wildman–Crippen LogP) is 1.65. The van der Waals surface area contributed by atoms with Gasteiger partial charge in [0.1, 0.15) is 6.04 Å². The van der Waals surface area contributed by atoms with Crippen LogP contribution in [0.3, 0.4) is 0 Å². The van der Waals surface area contributed by atoms with Crippen molar-refractivity contribution >= 4 is 17.6 Å². The number of benzene rings is 1. The fourth-order valence-corrected chi connectivity index (χ4v) is 2.92. The molecule has 21 heavy (non-hydrogen) atoms. The molecule has 0 fully saturated rings. The summed E-state index contributed by atoms with van der Waals surface area (Å²) in [6.07, 6.45) is 1.02. The summed E-state index contributed by atoms with van der Waals surface area (Å²) in [5.41, 5.74) is 7.34. The molecule has 0 aliphatic carbocycles. The summed E-state index contributed by atoms with van der Waals surface area (Å²) in [7, 11) is 0. The van der Waals surface area contributed by atoms with Crippen molar-refractivity contribution < 1.29 is 14.7 Å². The van der Waals surface area contributed by atoms with Crippen LogP contribution in [-0.2, 0) is 16.0 Å². The molecule has 1 unspecified atom stereocenters. The fourth-order valence-electron chi connectivity index (χ4n) is 2.92. The van der Waals surface area contributed by atoms with Gasteiger partial charge < -0.3 is 10.8 Å². The molecule has 1 aliphatic heterocycles. The summed E-state index contributed by atoms with van der Waals surface area (Å²) >= 11 is 0. The summed E-state index contributed by atoms with van der Waals surface area (Å²) in [6, 6.07) is 6.54. The second-order valence-corrected chi connectivity index (χ2v) is 5.96. The molecular formula is C16H22N2O3. The van der Waals surface area contributed by atoms with E-state index in [4.69, 9.17) is 5.73 Å². The first kappa shape index (κ1) is 15.5. The SMILES string of the molecule is CC(C)CC(CN)C(=O)N1c2ccccc2C[C@H]1C(=O)O. The van der Waals surface area contributed by atoms with E-state index in [2.05, 4.69) is 0 Å². The summed E-state index contributed by atoms with van der Waals surface area (Å²) < 4.78 is 0. The Morgan fingerprint density at radius 2 is 2.05 bits per heavy atom. The van der Waals surface area contributed by atoms with E-state index in [0.717, 1.165) is 5.56 Å². The average Bonchev–Trinajstić information content (AvgIpc) is 2.83. The third-order valence-electron chi connectivity index (χ3n) is 3.89. The molecule has 1 aliphatic rings. The highest BCUT2D eigenvalue weighted by molar-refractivity contribution is 6.03. The zero-order chi connectivity index (χ0) is 15.6. The van der Waals surface area contributed by atoms with Gasteiger partial charge in [0.2, 0.25) is 5.91 Å². The molecule has 5 nitrogen and oxygen atoms in total. The van der Waals surface area contributed by atoms with Crippen molar-refractivity contribution in [2.75, 3.05) is 11.4 Å². The summed E-state index contributed by atoms with van der Waals surface area (Å²) in [5.74, 6) is -1.15. The van der Waals surface area contributed by atoms with E-state index in [1.165, 1.54) is 4.90 Å². The van der Waals surface area contributed by atoms with Crippen molar-refractivity contribution in [2.45, 2.75) is 32.7 Å². The number of carbonyl (C=O) groups excluding carboxylic acids is 1. The second kappa shape index (κ2) is 6.26. The Labute approximate surface area is 124 Å². The number of hydrogen-bond acceptors (Lipinski definition) is 3. The number of aliphatic carboxylic acids is 1. The Morgan fingerprint density at radius 3 is 2.62 bits per heavy atom. The third-order valence-corrected chi connectivity index (χ3v) is 3.89. The number of hydrogen-bond donors (Lipinski definition) is 2. The van der Waals surface area contributed by atoms with Gasteiger partial charge in [-0.1, -0.05) is 32.0 Å². The van der Waals surface area contributed by atoms with Gasteiger partial charge in [-0.05, 0) is 24.0 Å². The molecule has 1 aromatic carbocycles. The molecule has 0 radical (unpaired) electrons. The topological polar surface area (TPSA) is 83.6 Å². The maximum absolute atomic E-state index is 12.8. The van der Waals surface area contributed by atoms with Crippen molar-refractivity contribution in [3.05, 3.63) is 29.8 Å². The average molecular weight is 290 g/mol. The van der Waals surface area contributed by atoms with Gasteiger partial charge in [0.25, 0.3) is 0 Å². The first-order valence-electron chi connectivity index (χ1n) is 7.29. The number of fused-ring (bicyclic) bond motifs is 1. The first-order chi connectivity index (χ1) is 9.95. The van der Waals surface area contributed by atoms with Gasteiger partial charge in [0, 0.05) is 18.7 Å². The highest BCUT2D eigenvalue weighted by atomic mass is 16.4. The zero-order valence-corrected chi connectivity index (χ0v) is 12.5. The lowest BCUT2D eigenvalue weighted by molar-refractivity contribution is -0.140. The molecule has 0 saturated heterocycles. The van der Waals surface area contributed by atoms with E-state index in [1.807, 2.05) is 32.0 Å². The van der Waals surface area contributed by atoms with Crippen molar-refractivity contribution in [3.63, 3.8) is 0 Å². The van der Waals surface area contributed by atoms with E-state index in [9.17, 15) is 14.7 Å². The summed E-state index contributed by atoms with van der Waals surface area (Å²) in [5, 5.41) is 9.42. The molecule has 1 amide bonds. The van der Waals surface area contributed by atoms with Crippen LogP contribution in [0.4, 0.5) is 5.69 Å². The molecular weight excluding hydrogens is 268 g/mol. The normalized spacial score (nSPS) is 18.7. The molecule has 5 heteroatoms. The summed E-state index contributed by atoms with van der Waals surface area (Å²) in [4.78, 5) is 25.7. The van der Waals surface area contributed by atoms with E-state index < -0.39 is 12.0 Å². The minimum Gasteiger partial charge on any atom is -0.480 e. The smallest absolute Gasteiger partial charge is 0.327 e. The van der Waals surface area contributed by atoms with Crippen LogP contribution in [0.15, 0.2) is 24.3 Å². The Kier molecular flexibility index (Phi) is 4.63. The first-order valence-corrected chi connectivity index (χ1v) is 7.29. The van der Waals surface area contributed by atoms with Gasteiger partial charge in [-0.3, -0.25) is 9.69 Å². The van der Waals surface area contributed by atoms with Crippen LogP contribution >= 0.6 is 0 Å². The quantitative estimate of drug-likeness (QED) is 0.863. The number of carboxylic acid groups (broad SMARTS) is 1. The monoisotopic (exact) mass is 290 g/mol. The largest absolute Gasteiger partial charge is 0.480 e. The van der Waals surface area contributed by atoms with E-state index in [-0.39, 0.29) is 18.4 Å². The minimum absolute atomic E-state index is 0.177. The van der Waals surface area contributed by atoms with Crippen LogP contribution < -0.4 is 10.6 Å². The maximum Gasteiger partial charge on any atom is 0.327 e. The highest BCUT2D eigenvalue weighted by Gasteiger charge is 2.40. The van der Waals surface area contributed by atoms with Crippen LogP contribution in [0, 0.1) is 11.8 Å². The Morgan fingerprint density at radius 1 is 1.38 bits per heavy atom. The number of para-hydroxylation sites is 1. The van der Waals surface area contributed by atoms with Crippen molar-refractivity contribution in [1.29, 1.82) is 0 Å². The Balaban J connectivity index is 2.33. The van der Waals surface area contributed by atoms with Gasteiger partial charge in [0.05, 0.1) is 5.92 Å². The predicted molar refractivity (Wildman–Crippen MR) is 81.1 cm³/mol. The van der Waals surface area contributed by atoms with E-state index in [1.54, 1.807) is 6.07 Å². The van der Waals surface area contributed by atoms with Gasteiger partial charge in [-0.2, -0.15) is 0 Å². The number of anilines is 1. The number of carboxylic acids is 1. The third kappa shape index (κ3) is 3.08. The molecule has 0 aromatic heterocycles. The molecule has 114 valence electrons. The number of nitrogens with zero attached hydrogens (tertiary/aromatic N) is 1. The highest BCUT2D eigenvalue weighted by Crippen LogP contribution is 2.34. The molecule has 0 saturated carbocycles. The molecule has 2 rings (SSSR count). The van der Waals surface area contributed by atoms with Gasteiger partial charge in [0.15, 0.2) is 0 Å². The number of rotatable bonds is 5. The van der Waals surface area contributed by atoms with Crippen molar-refractivity contribution in [2.24, 2.45) is 17.6 Å². The van der Waals surface area contributed by atoms with Crippen molar-refractivity contribution in [3.8, 4) is 0 Å². The Bertz CT molecular complexity index is 542. The van der Waals surface area contributed by atoms with Crippen LogP contribution in [0.25, 0.3) is 0 Å². The number of nitrogens with two attached hydrogens (primary N) is 1.